The zero-order chi connectivity index (χ0) is 14.4. The molecule has 2 nitrogen and oxygen atoms in total. The van der Waals surface area contributed by atoms with E-state index in [2.05, 4.69) is 0 Å². The number of hydrogen-bond acceptors (Lipinski definition) is 3. The molecule has 3 heteroatoms. The first-order chi connectivity index (χ1) is 9.81. The van der Waals surface area contributed by atoms with Crippen LogP contribution in [0.4, 0.5) is 0 Å². The molecule has 0 spiro atoms. The maximum absolute atomic E-state index is 9.25. The molecule has 0 unspecified atom stereocenters. The normalized spacial score (nSPS) is 9.35. The van der Waals surface area contributed by atoms with Crippen LogP contribution in [0, 0.1) is 22.7 Å². The number of benzene rings is 2. The summed E-state index contributed by atoms with van der Waals surface area (Å²) in [6, 6.07) is 21.4. The number of nitriles is 2. The maximum Gasteiger partial charge on any atom is 0.138 e. The van der Waals surface area contributed by atoms with E-state index in [0.717, 1.165) is 16.0 Å². The van der Waals surface area contributed by atoms with E-state index in [1.807, 2.05) is 73.0 Å². The molecule has 0 heterocycles. The molecule has 2 aromatic rings. The molecule has 0 aromatic heterocycles. The molecule has 0 amide bonds. The Morgan fingerprint density at radius 1 is 0.900 bits per heavy atom. The fourth-order valence-electron chi connectivity index (χ4n) is 2.03. The molecule has 0 aliphatic carbocycles. The van der Waals surface area contributed by atoms with E-state index in [9.17, 15) is 10.5 Å². The minimum absolute atomic E-state index is 0.137. The maximum atomic E-state index is 9.25. The summed E-state index contributed by atoms with van der Waals surface area (Å²) < 4.78 is 0. The van der Waals surface area contributed by atoms with E-state index in [0.29, 0.717) is 5.57 Å². The number of thioether (sulfide) groups is 1. The topological polar surface area (TPSA) is 47.6 Å². The molecule has 0 saturated carbocycles. The van der Waals surface area contributed by atoms with Crippen LogP contribution in [0.15, 0.2) is 65.1 Å². The van der Waals surface area contributed by atoms with Crippen LogP contribution in [-0.2, 0) is 0 Å². The highest BCUT2D eigenvalue weighted by Gasteiger charge is 2.14. The number of nitrogens with zero attached hydrogens (tertiary/aromatic N) is 2. The Morgan fingerprint density at radius 2 is 1.50 bits per heavy atom. The van der Waals surface area contributed by atoms with Crippen molar-refractivity contribution in [3.8, 4) is 12.1 Å². The molecule has 0 atom stereocenters. The van der Waals surface area contributed by atoms with E-state index in [-0.39, 0.29) is 5.57 Å². The van der Waals surface area contributed by atoms with Gasteiger partial charge in [0.1, 0.15) is 17.7 Å². The first-order valence-electron chi connectivity index (χ1n) is 6.05. The summed E-state index contributed by atoms with van der Waals surface area (Å²) in [4.78, 5) is 1.05. The van der Waals surface area contributed by atoms with Gasteiger partial charge in [-0.1, -0.05) is 48.5 Å². The summed E-state index contributed by atoms with van der Waals surface area (Å²) in [6.07, 6.45) is 1.99. The van der Waals surface area contributed by atoms with Crippen molar-refractivity contribution >= 4 is 17.3 Å². The minimum atomic E-state index is 0.137. The summed E-state index contributed by atoms with van der Waals surface area (Å²) >= 11 is 1.60. The van der Waals surface area contributed by atoms with Crippen molar-refractivity contribution in [3.05, 3.63) is 71.3 Å². The van der Waals surface area contributed by atoms with E-state index < -0.39 is 0 Å². The average Bonchev–Trinajstić information content (AvgIpc) is 2.53. The lowest BCUT2D eigenvalue weighted by molar-refractivity contribution is 1.37. The molecule has 0 aliphatic heterocycles. The van der Waals surface area contributed by atoms with Crippen LogP contribution in [0.25, 0.3) is 5.57 Å². The smallest absolute Gasteiger partial charge is 0.138 e. The predicted octanol–water partition coefficient (Wildman–Crippen LogP) is 4.26. The fourth-order valence-corrected chi connectivity index (χ4v) is 2.63. The molecule has 20 heavy (non-hydrogen) atoms. The van der Waals surface area contributed by atoms with Crippen LogP contribution >= 0.6 is 11.8 Å². The van der Waals surface area contributed by atoms with Gasteiger partial charge in [0.15, 0.2) is 0 Å². The lowest BCUT2D eigenvalue weighted by atomic mass is 9.94. The van der Waals surface area contributed by atoms with Crippen LogP contribution in [0.3, 0.4) is 0 Å². The summed E-state index contributed by atoms with van der Waals surface area (Å²) in [5, 5.41) is 18.5. The fraction of sp³-hybridized carbons (Fsp3) is 0.0588. The van der Waals surface area contributed by atoms with E-state index in [4.69, 9.17) is 0 Å². The largest absolute Gasteiger partial charge is 0.192 e. The standard InChI is InChI=1S/C17H12N2S/c1-20-16-10-6-5-9-15(16)17(14(11-18)12-19)13-7-3-2-4-8-13/h2-10H,1H3. The number of allylic oxidation sites excluding steroid dienone is 1. The van der Waals surface area contributed by atoms with Gasteiger partial charge in [-0.3, -0.25) is 0 Å². The Kier molecular flexibility index (Phi) is 4.60. The third kappa shape index (κ3) is 2.74. The Hall–Kier alpha value is -2.49. The number of rotatable bonds is 3. The Balaban J connectivity index is 2.77. The summed E-state index contributed by atoms with van der Waals surface area (Å²) in [5.41, 5.74) is 2.63. The van der Waals surface area contributed by atoms with Gasteiger partial charge in [-0.2, -0.15) is 10.5 Å². The lowest BCUT2D eigenvalue weighted by Gasteiger charge is -2.12. The van der Waals surface area contributed by atoms with Gasteiger partial charge in [-0.25, -0.2) is 0 Å². The number of hydrogen-bond donors (Lipinski definition) is 0. The Labute approximate surface area is 123 Å². The van der Waals surface area contributed by atoms with E-state index >= 15 is 0 Å². The molecule has 0 bridgehead atoms. The van der Waals surface area contributed by atoms with Gasteiger partial charge in [0.2, 0.25) is 0 Å². The van der Waals surface area contributed by atoms with Gasteiger partial charge in [0.05, 0.1) is 0 Å². The molecule has 2 aromatic carbocycles. The second kappa shape index (κ2) is 6.61. The summed E-state index contributed by atoms with van der Waals surface area (Å²) in [6.45, 7) is 0. The first kappa shape index (κ1) is 13.9. The monoisotopic (exact) mass is 276 g/mol. The molecule has 96 valence electrons. The van der Waals surface area contributed by atoms with Crippen molar-refractivity contribution in [2.75, 3.05) is 6.26 Å². The van der Waals surface area contributed by atoms with Gasteiger partial charge in [-0.15, -0.1) is 11.8 Å². The highest BCUT2D eigenvalue weighted by atomic mass is 32.2. The van der Waals surface area contributed by atoms with Crippen molar-refractivity contribution < 1.29 is 0 Å². The Morgan fingerprint density at radius 3 is 2.10 bits per heavy atom. The summed E-state index contributed by atoms with van der Waals surface area (Å²) in [5.74, 6) is 0. The SMILES string of the molecule is CSc1ccccc1C(=C(C#N)C#N)c1ccccc1. The van der Waals surface area contributed by atoms with Gasteiger partial charge in [0.25, 0.3) is 0 Å². The molecule has 0 aliphatic rings. The van der Waals surface area contributed by atoms with Crippen LogP contribution < -0.4 is 0 Å². The quantitative estimate of drug-likeness (QED) is 0.621. The van der Waals surface area contributed by atoms with E-state index in [1.165, 1.54) is 0 Å². The third-order valence-corrected chi connectivity index (χ3v) is 3.71. The second-order valence-electron chi connectivity index (χ2n) is 4.04. The van der Waals surface area contributed by atoms with Crippen LogP contribution in [0.1, 0.15) is 11.1 Å². The van der Waals surface area contributed by atoms with Gasteiger partial charge in [0, 0.05) is 10.5 Å². The molecule has 0 saturated heterocycles. The molecule has 2 rings (SSSR count). The van der Waals surface area contributed by atoms with Gasteiger partial charge >= 0.3 is 0 Å². The zero-order valence-corrected chi connectivity index (χ0v) is 11.8. The van der Waals surface area contributed by atoms with Crippen molar-refractivity contribution in [1.82, 2.24) is 0 Å². The van der Waals surface area contributed by atoms with Gasteiger partial charge in [-0.05, 0) is 23.4 Å². The van der Waals surface area contributed by atoms with Crippen LogP contribution in [0.5, 0.6) is 0 Å². The lowest BCUT2D eigenvalue weighted by Crippen LogP contribution is -1.94. The highest BCUT2D eigenvalue weighted by Crippen LogP contribution is 2.33. The minimum Gasteiger partial charge on any atom is -0.192 e. The van der Waals surface area contributed by atoms with Crippen LogP contribution in [0.2, 0.25) is 0 Å². The van der Waals surface area contributed by atoms with Gasteiger partial charge < -0.3 is 0 Å². The molecule has 0 N–H and O–H groups in total. The third-order valence-electron chi connectivity index (χ3n) is 2.91. The van der Waals surface area contributed by atoms with Crippen molar-refractivity contribution in [3.63, 3.8) is 0 Å². The molecular formula is C17H12N2S. The van der Waals surface area contributed by atoms with Crippen LogP contribution in [-0.4, -0.2) is 6.26 Å². The first-order valence-corrected chi connectivity index (χ1v) is 7.27. The highest BCUT2D eigenvalue weighted by molar-refractivity contribution is 7.98. The summed E-state index contributed by atoms with van der Waals surface area (Å²) in [7, 11) is 0. The van der Waals surface area contributed by atoms with Crippen molar-refractivity contribution in [2.24, 2.45) is 0 Å². The zero-order valence-electron chi connectivity index (χ0n) is 11.0. The molecule has 0 radical (unpaired) electrons. The average molecular weight is 276 g/mol. The van der Waals surface area contributed by atoms with E-state index in [1.54, 1.807) is 11.8 Å². The second-order valence-corrected chi connectivity index (χ2v) is 4.89. The molecule has 0 fully saturated rings. The Bertz CT molecular complexity index is 703. The molecular weight excluding hydrogens is 264 g/mol. The van der Waals surface area contributed by atoms with Crippen molar-refractivity contribution in [1.29, 1.82) is 10.5 Å². The van der Waals surface area contributed by atoms with Crippen molar-refractivity contribution in [2.45, 2.75) is 4.90 Å². The predicted molar refractivity (Wildman–Crippen MR) is 81.9 cm³/mol.